The number of nitrogens with one attached hydrogen (secondary N) is 2. The Hall–Kier alpha value is -1.58. The lowest BCUT2D eigenvalue weighted by Gasteiger charge is -2.12. The van der Waals surface area contributed by atoms with Gasteiger partial charge in [0.1, 0.15) is 0 Å². The van der Waals surface area contributed by atoms with Crippen LogP contribution in [0, 0.1) is 6.92 Å². The van der Waals surface area contributed by atoms with Gasteiger partial charge in [0.2, 0.25) is 0 Å². The molecule has 92 valence electrons. The molecule has 0 bridgehead atoms. The third-order valence-electron chi connectivity index (χ3n) is 2.40. The van der Waals surface area contributed by atoms with Gasteiger partial charge in [-0.05, 0) is 49.0 Å². The summed E-state index contributed by atoms with van der Waals surface area (Å²) in [5, 5.41) is 7.36. The first-order valence-electron chi connectivity index (χ1n) is 5.54. The number of benzene rings is 2. The van der Waals surface area contributed by atoms with Gasteiger partial charge in [0.25, 0.3) is 0 Å². The van der Waals surface area contributed by atoms with E-state index in [1.165, 1.54) is 0 Å². The highest BCUT2D eigenvalue weighted by molar-refractivity contribution is 7.80. The normalized spacial score (nSPS) is 9.89. The second-order valence-electron chi connectivity index (χ2n) is 3.93. The zero-order valence-electron chi connectivity index (χ0n) is 9.91. The average Bonchev–Trinajstić information content (AvgIpc) is 2.35. The molecule has 2 N–H and O–H groups in total. The van der Waals surface area contributed by atoms with E-state index in [0.29, 0.717) is 10.1 Å². The van der Waals surface area contributed by atoms with Crippen LogP contribution in [0.4, 0.5) is 11.4 Å². The largest absolute Gasteiger partial charge is 0.332 e. The van der Waals surface area contributed by atoms with Crippen molar-refractivity contribution in [2.45, 2.75) is 6.92 Å². The van der Waals surface area contributed by atoms with Crippen LogP contribution in [0.1, 0.15) is 5.56 Å². The number of thiocarbonyl (C=S) groups is 1. The first-order chi connectivity index (χ1) is 8.65. The van der Waals surface area contributed by atoms with Crippen molar-refractivity contribution in [3.8, 4) is 0 Å². The second kappa shape index (κ2) is 5.85. The number of hydrogen-bond donors (Lipinski definition) is 2. The molecule has 2 nitrogen and oxygen atoms in total. The van der Waals surface area contributed by atoms with Gasteiger partial charge in [-0.15, -0.1) is 0 Å². The molecule has 0 unspecified atom stereocenters. The molecule has 2 rings (SSSR count). The van der Waals surface area contributed by atoms with Gasteiger partial charge in [0, 0.05) is 5.69 Å². The molecule has 0 aromatic heterocycles. The first-order valence-corrected chi connectivity index (χ1v) is 6.33. The van der Waals surface area contributed by atoms with E-state index in [1.54, 1.807) is 0 Å². The van der Waals surface area contributed by atoms with Gasteiger partial charge in [-0.3, -0.25) is 0 Å². The van der Waals surface area contributed by atoms with Crippen LogP contribution in [0.15, 0.2) is 48.5 Å². The van der Waals surface area contributed by atoms with E-state index in [1.807, 2.05) is 55.5 Å². The highest BCUT2D eigenvalue weighted by Gasteiger charge is 2.03. The molecule has 0 aliphatic carbocycles. The van der Waals surface area contributed by atoms with E-state index in [9.17, 15) is 0 Å². The molecular formula is C14H13ClN2S. The van der Waals surface area contributed by atoms with E-state index in [2.05, 4.69) is 10.6 Å². The minimum atomic E-state index is 0.522. The van der Waals surface area contributed by atoms with Crippen molar-refractivity contribution in [3.05, 3.63) is 59.1 Å². The number of hydrogen-bond acceptors (Lipinski definition) is 1. The summed E-state index contributed by atoms with van der Waals surface area (Å²) in [6, 6.07) is 15.5. The molecule has 2 aromatic carbocycles. The number of aryl methyl sites for hydroxylation is 1. The molecule has 0 fully saturated rings. The molecule has 0 spiro atoms. The van der Waals surface area contributed by atoms with E-state index in [-0.39, 0.29) is 0 Å². The van der Waals surface area contributed by atoms with Gasteiger partial charge in [0.05, 0.1) is 10.7 Å². The Morgan fingerprint density at radius 1 is 1.06 bits per heavy atom. The predicted molar refractivity (Wildman–Crippen MR) is 82.5 cm³/mol. The van der Waals surface area contributed by atoms with E-state index in [4.69, 9.17) is 23.8 Å². The van der Waals surface area contributed by atoms with E-state index in [0.717, 1.165) is 16.9 Å². The van der Waals surface area contributed by atoms with Crippen molar-refractivity contribution in [1.29, 1.82) is 0 Å². The molecule has 0 radical (unpaired) electrons. The van der Waals surface area contributed by atoms with Crippen LogP contribution >= 0.6 is 23.8 Å². The van der Waals surface area contributed by atoms with Gasteiger partial charge in [-0.1, -0.05) is 35.9 Å². The Labute approximate surface area is 117 Å². The molecule has 0 saturated carbocycles. The maximum Gasteiger partial charge on any atom is 0.175 e. The third-order valence-corrected chi connectivity index (χ3v) is 2.94. The summed E-state index contributed by atoms with van der Waals surface area (Å²) in [6.45, 7) is 2.01. The van der Waals surface area contributed by atoms with E-state index >= 15 is 0 Å². The summed E-state index contributed by atoms with van der Waals surface area (Å²) in [4.78, 5) is 0. The molecule has 0 heterocycles. The zero-order chi connectivity index (χ0) is 13.0. The lowest BCUT2D eigenvalue weighted by Crippen LogP contribution is -2.19. The van der Waals surface area contributed by atoms with Crippen molar-refractivity contribution >= 4 is 40.3 Å². The van der Waals surface area contributed by atoms with Gasteiger partial charge in [-0.2, -0.15) is 0 Å². The van der Waals surface area contributed by atoms with Crippen LogP contribution in [0.25, 0.3) is 0 Å². The minimum absolute atomic E-state index is 0.522. The molecule has 0 atom stereocenters. The van der Waals surface area contributed by atoms with Crippen molar-refractivity contribution in [2.75, 3.05) is 10.6 Å². The monoisotopic (exact) mass is 276 g/mol. The summed E-state index contributed by atoms with van der Waals surface area (Å²) < 4.78 is 0. The summed E-state index contributed by atoms with van der Waals surface area (Å²) in [6.07, 6.45) is 0. The number of halogens is 1. The maximum absolute atomic E-state index is 6.09. The SMILES string of the molecule is Cc1ccc(Cl)c(NC(=S)Nc2ccccc2)c1. The fourth-order valence-electron chi connectivity index (χ4n) is 1.54. The summed E-state index contributed by atoms with van der Waals surface area (Å²) in [7, 11) is 0. The van der Waals surface area contributed by atoms with Crippen molar-refractivity contribution < 1.29 is 0 Å². The standard InChI is InChI=1S/C14H13ClN2S/c1-10-7-8-12(15)13(9-10)17-14(18)16-11-5-3-2-4-6-11/h2-9H,1H3,(H2,16,17,18). The number of rotatable bonds is 2. The minimum Gasteiger partial charge on any atom is -0.332 e. The quantitative estimate of drug-likeness (QED) is 0.792. The van der Waals surface area contributed by atoms with Crippen LogP contribution in [0.5, 0.6) is 0 Å². The Bertz CT molecular complexity index is 555. The smallest absolute Gasteiger partial charge is 0.175 e. The Morgan fingerprint density at radius 2 is 1.78 bits per heavy atom. The maximum atomic E-state index is 6.09. The second-order valence-corrected chi connectivity index (χ2v) is 4.74. The molecular weight excluding hydrogens is 264 g/mol. The molecule has 0 amide bonds. The lowest BCUT2D eigenvalue weighted by molar-refractivity contribution is 1.46. The Balaban J connectivity index is 2.05. The van der Waals surface area contributed by atoms with Crippen LogP contribution in [-0.2, 0) is 0 Å². The lowest BCUT2D eigenvalue weighted by atomic mass is 10.2. The zero-order valence-corrected chi connectivity index (χ0v) is 11.5. The van der Waals surface area contributed by atoms with Gasteiger partial charge < -0.3 is 10.6 Å². The molecule has 0 aliphatic heterocycles. The molecule has 2 aromatic rings. The summed E-state index contributed by atoms with van der Waals surface area (Å²) in [5.74, 6) is 0. The number of para-hydroxylation sites is 1. The molecule has 18 heavy (non-hydrogen) atoms. The van der Waals surface area contributed by atoms with Crippen LogP contribution in [0.3, 0.4) is 0 Å². The fraction of sp³-hybridized carbons (Fsp3) is 0.0714. The Kier molecular flexibility index (Phi) is 4.18. The molecule has 0 aliphatic rings. The first kappa shape index (κ1) is 12.9. The molecule has 4 heteroatoms. The average molecular weight is 277 g/mol. The topological polar surface area (TPSA) is 24.1 Å². The number of anilines is 2. The van der Waals surface area contributed by atoms with Gasteiger partial charge in [-0.25, -0.2) is 0 Å². The summed E-state index contributed by atoms with van der Waals surface area (Å²) >= 11 is 11.3. The van der Waals surface area contributed by atoms with Crippen molar-refractivity contribution in [1.82, 2.24) is 0 Å². The van der Waals surface area contributed by atoms with Crippen LogP contribution in [-0.4, -0.2) is 5.11 Å². The van der Waals surface area contributed by atoms with Crippen LogP contribution < -0.4 is 10.6 Å². The fourth-order valence-corrected chi connectivity index (χ4v) is 1.93. The molecule has 0 saturated heterocycles. The van der Waals surface area contributed by atoms with Crippen molar-refractivity contribution in [2.24, 2.45) is 0 Å². The van der Waals surface area contributed by atoms with Crippen LogP contribution in [0.2, 0.25) is 5.02 Å². The van der Waals surface area contributed by atoms with Crippen molar-refractivity contribution in [3.63, 3.8) is 0 Å². The summed E-state index contributed by atoms with van der Waals surface area (Å²) in [5.41, 5.74) is 2.88. The van der Waals surface area contributed by atoms with Gasteiger partial charge in [0.15, 0.2) is 5.11 Å². The Morgan fingerprint density at radius 3 is 2.50 bits per heavy atom. The third kappa shape index (κ3) is 3.45. The highest BCUT2D eigenvalue weighted by atomic mass is 35.5. The highest BCUT2D eigenvalue weighted by Crippen LogP contribution is 2.22. The predicted octanol–water partition coefficient (Wildman–Crippen LogP) is 4.46. The van der Waals surface area contributed by atoms with Gasteiger partial charge >= 0.3 is 0 Å². The van der Waals surface area contributed by atoms with E-state index < -0.39 is 0 Å².